The van der Waals surface area contributed by atoms with Crippen molar-refractivity contribution in [1.29, 1.82) is 0 Å². The summed E-state index contributed by atoms with van der Waals surface area (Å²) in [6.45, 7) is 3.83. The monoisotopic (exact) mass is 446 g/mol. The van der Waals surface area contributed by atoms with Crippen LogP contribution in [0.5, 0.6) is 5.75 Å². The fourth-order valence-corrected chi connectivity index (χ4v) is 4.05. The van der Waals surface area contributed by atoms with E-state index in [2.05, 4.69) is 9.71 Å². The van der Waals surface area contributed by atoms with Gasteiger partial charge in [-0.05, 0) is 48.9 Å². The zero-order valence-electron chi connectivity index (χ0n) is 17.1. The number of ether oxygens (including phenoxy) is 1. The minimum absolute atomic E-state index is 0.113. The van der Waals surface area contributed by atoms with Crippen molar-refractivity contribution in [2.75, 3.05) is 18.1 Å². The molecule has 0 fully saturated rings. The van der Waals surface area contributed by atoms with Gasteiger partial charge >= 0.3 is 0 Å². The van der Waals surface area contributed by atoms with Crippen LogP contribution in [0.15, 0.2) is 48.5 Å². The molecule has 0 aliphatic carbocycles. The molecule has 2 N–H and O–H groups in total. The maximum Gasteiger partial charge on any atom is 0.229 e. The van der Waals surface area contributed by atoms with E-state index in [9.17, 15) is 13.2 Å². The van der Waals surface area contributed by atoms with Gasteiger partial charge in [-0.1, -0.05) is 30.7 Å². The van der Waals surface area contributed by atoms with Crippen molar-refractivity contribution in [3.8, 4) is 5.75 Å². The van der Waals surface area contributed by atoms with Crippen LogP contribution in [0.3, 0.4) is 0 Å². The summed E-state index contributed by atoms with van der Waals surface area (Å²) in [5, 5.41) is 0.565. The smallest absolute Gasteiger partial charge is 0.229 e. The molecule has 0 saturated carbocycles. The summed E-state index contributed by atoms with van der Waals surface area (Å²) in [5.41, 5.74) is 3.93. The van der Waals surface area contributed by atoms with Crippen LogP contribution >= 0.6 is 11.6 Å². The number of benzene rings is 2. The molecule has 0 aliphatic heterocycles. The molecule has 30 heavy (non-hydrogen) atoms. The quantitative estimate of drug-likeness (QED) is 0.513. The number of H-pyrrole nitrogens is 1. The highest BCUT2D eigenvalue weighted by Crippen LogP contribution is 2.36. The van der Waals surface area contributed by atoms with Crippen LogP contribution in [0.1, 0.15) is 45.7 Å². The Bertz CT molecular complexity index is 1170. The fraction of sp³-hybridized carbons (Fsp3) is 0.227. The van der Waals surface area contributed by atoms with Gasteiger partial charge in [-0.2, -0.15) is 0 Å². The van der Waals surface area contributed by atoms with Gasteiger partial charge in [0.1, 0.15) is 5.75 Å². The first kappa shape index (κ1) is 21.9. The van der Waals surface area contributed by atoms with Crippen molar-refractivity contribution in [3.63, 3.8) is 0 Å². The molecule has 3 rings (SSSR count). The molecular formula is C22H23ClN2O4S. The lowest BCUT2D eigenvalue weighted by Crippen LogP contribution is -2.09. The van der Waals surface area contributed by atoms with Crippen LogP contribution in [-0.2, 0) is 10.0 Å². The van der Waals surface area contributed by atoms with E-state index in [-0.39, 0.29) is 11.7 Å². The largest absolute Gasteiger partial charge is 0.495 e. The van der Waals surface area contributed by atoms with Crippen molar-refractivity contribution in [3.05, 3.63) is 81.6 Å². The Morgan fingerprint density at radius 2 is 1.70 bits per heavy atom. The number of hydrogen-bond donors (Lipinski definition) is 2. The first-order chi connectivity index (χ1) is 14.1. The molecule has 0 saturated heterocycles. The molecule has 0 aliphatic rings. The highest BCUT2D eigenvalue weighted by atomic mass is 35.5. The number of methoxy groups -OCH3 is 1. The van der Waals surface area contributed by atoms with Crippen LogP contribution in [0.4, 0.5) is 5.69 Å². The Morgan fingerprint density at radius 3 is 2.23 bits per heavy atom. The number of halogens is 1. The number of aromatic nitrogens is 1. The highest BCUT2D eigenvalue weighted by Gasteiger charge is 2.24. The minimum Gasteiger partial charge on any atom is -0.495 e. The first-order valence-electron chi connectivity index (χ1n) is 9.25. The van der Waals surface area contributed by atoms with Gasteiger partial charge in [-0.3, -0.25) is 9.52 Å². The van der Waals surface area contributed by atoms with Crippen molar-refractivity contribution < 1.29 is 17.9 Å². The van der Waals surface area contributed by atoms with Crippen molar-refractivity contribution >= 4 is 33.1 Å². The predicted molar refractivity (Wildman–Crippen MR) is 119 cm³/mol. The summed E-state index contributed by atoms with van der Waals surface area (Å²) < 4.78 is 30.8. The molecule has 3 aromatic rings. The molecular weight excluding hydrogens is 424 g/mol. The van der Waals surface area contributed by atoms with Crippen LogP contribution < -0.4 is 9.46 Å². The first-order valence-corrected chi connectivity index (χ1v) is 11.5. The third-order valence-corrected chi connectivity index (χ3v) is 5.76. The Hall–Kier alpha value is -2.77. The summed E-state index contributed by atoms with van der Waals surface area (Å²) >= 11 is 5.92. The van der Waals surface area contributed by atoms with E-state index >= 15 is 0 Å². The molecule has 158 valence electrons. The highest BCUT2D eigenvalue weighted by molar-refractivity contribution is 7.92. The predicted octanol–water partition coefficient (Wildman–Crippen LogP) is 4.74. The van der Waals surface area contributed by atoms with Crippen molar-refractivity contribution in [1.82, 2.24) is 4.98 Å². The van der Waals surface area contributed by atoms with Gasteiger partial charge in [0, 0.05) is 27.8 Å². The van der Waals surface area contributed by atoms with E-state index in [1.165, 1.54) is 0 Å². The van der Waals surface area contributed by atoms with Gasteiger partial charge < -0.3 is 9.72 Å². The molecule has 1 atom stereocenters. The van der Waals surface area contributed by atoms with Gasteiger partial charge in [0.05, 0.1) is 24.8 Å². The summed E-state index contributed by atoms with van der Waals surface area (Å²) in [5.74, 6) is 0.365. The maximum atomic E-state index is 13.0. The number of rotatable bonds is 7. The number of hydrogen-bond acceptors (Lipinski definition) is 4. The number of nitrogens with one attached hydrogen (secondary N) is 2. The van der Waals surface area contributed by atoms with Crippen molar-refractivity contribution in [2.45, 2.75) is 19.8 Å². The van der Waals surface area contributed by atoms with Crippen LogP contribution in [0.2, 0.25) is 5.02 Å². The van der Waals surface area contributed by atoms with E-state index in [0.29, 0.717) is 27.7 Å². The maximum absolute atomic E-state index is 13.0. The van der Waals surface area contributed by atoms with Crippen LogP contribution in [-0.4, -0.2) is 32.6 Å². The van der Waals surface area contributed by atoms with Gasteiger partial charge in [-0.25, -0.2) is 8.42 Å². The van der Waals surface area contributed by atoms with E-state index in [4.69, 9.17) is 16.3 Å². The average molecular weight is 447 g/mol. The molecule has 2 aromatic carbocycles. The summed E-state index contributed by atoms with van der Waals surface area (Å²) in [7, 11) is -1.76. The Balaban J connectivity index is 1.94. The second-order valence-electron chi connectivity index (χ2n) is 7.13. The molecule has 1 heterocycles. The second kappa shape index (κ2) is 8.53. The fourth-order valence-electron chi connectivity index (χ4n) is 3.36. The molecule has 0 radical (unpaired) electrons. The van der Waals surface area contributed by atoms with E-state index in [1.807, 2.05) is 26.0 Å². The van der Waals surface area contributed by atoms with E-state index in [0.717, 1.165) is 23.1 Å². The topological polar surface area (TPSA) is 88.3 Å². The van der Waals surface area contributed by atoms with Gasteiger partial charge in [0.25, 0.3) is 0 Å². The normalized spacial score (nSPS) is 12.4. The molecule has 1 aromatic heterocycles. The number of anilines is 1. The SMILES string of the molecule is COc1c(C(C)c2ccc(NS(C)(=O)=O)cc2)[nH]c(C(=O)c2ccc(Cl)cc2)c1C. The van der Waals surface area contributed by atoms with E-state index in [1.54, 1.807) is 43.5 Å². The molecule has 0 spiro atoms. The average Bonchev–Trinajstić information content (AvgIpc) is 3.03. The van der Waals surface area contributed by atoms with Crippen molar-refractivity contribution in [2.24, 2.45) is 0 Å². The number of ketones is 1. The van der Waals surface area contributed by atoms with E-state index < -0.39 is 10.0 Å². The number of sulfonamides is 1. The summed E-state index contributed by atoms with van der Waals surface area (Å²) in [6, 6.07) is 13.8. The lowest BCUT2D eigenvalue weighted by molar-refractivity contribution is 0.103. The second-order valence-corrected chi connectivity index (χ2v) is 9.31. The number of carbonyl (C=O) groups excluding carboxylic acids is 1. The zero-order valence-corrected chi connectivity index (χ0v) is 18.7. The number of carbonyl (C=O) groups is 1. The molecule has 6 nitrogen and oxygen atoms in total. The van der Waals surface area contributed by atoms with Crippen LogP contribution in [0, 0.1) is 6.92 Å². The standard InChI is InChI=1S/C22H23ClN2O4S/c1-13(15-7-11-18(12-8-15)25-30(4,27)28)20-22(29-3)14(2)19(24-20)21(26)16-5-9-17(23)10-6-16/h5-13,24-25H,1-4H3. The lowest BCUT2D eigenvalue weighted by atomic mass is 9.96. The third-order valence-electron chi connectivity index (χ3n) is 4.90. The summed E-state index contributed by atoms with van der Waals surface area (Å²) in [4.78, 5) is 16.2. The van der Waals surface area contributed by atoms with Gasteiger partial charge in [0.2, 0.25) is 15.8 Å². The lowest BCUT2D eigenvalue weighted by Gasteiger charge is -2.14. The Labute approximate surface area is 181 Å². The Morgan fingerprint density at radius 1 is 1.10 bits per heavy atom. The third kappa shape index (κ3) is 4.68. The van der Waals surface area contributed by atoms with Crippen LogP contribution in [0.25, 0.3) is 0 Å². The Kier molecular flexibility index (Phi) is 6.24. The van der Waals surface area contributed by atoms with Gasteiger partial charge in [-0.15, -0.1) is 0 Å². The van der Waals surface area contributed by atoms with Gasteiger partial charge in [0.15, 0.2) is 0 Å². The zero-order chi connectivity index (χ0) is 22.1. The molecule has 0 amide bonds. The molecule has 1 unspecified atom stereocenters. The number of aromatic amines is 1. The molecule has 8 heteroatoms. The molecule has 0 bridgehead atoms. The minimum atomic E-state index is -3.34. The summed E-state index contributed by atoms with van der Waals surface area (Å²) in [6.07, 6.45) is 1.11.